The molecule has 28 heavy (non-hydrogen) atoms. The number of oxazole rings is 1. The van der Waals surface area contributed by atoms with E-state index in [4.69, 9.17) is 16.0 Å². The van der Waals surface area contributed by atoms with Crippen LogP contribution < -0.4 is 5.32 Å². The molecule has 0 radical (unpaired) electrons. The number of nitrogens with zero attached hydrogens (tertiary/aromatic N) is 2. The van der Waals surface area contributed by atoms with Crippen LogP contribution >= 0.6 is 11.6 Å². The highest BCUT2D eigenvalue weighted by Gasteiger charge is 2.25. The van der Waals surface area contributed by atoms with Gasteiger partial charge in [0.05, 0.1) is 6.54 Å². The van der Waals surface area contributed by atoms with Crippen LogP contribution in [0.3, 0.4) is 0 Å². The second-order valence-electron chi connectivity index (χ2n) is 7.30. The number of carbonyl (C=O) groups excluding carboxylic acids is 1. The monoisotopic (exact) mass is 397 g/mol. The van der Waals surface area contributed by atoms with E-state index in [1.165, 1.54) is 5.56 Å². The second-order valence-corrected chi connectivity index (χ2v) is 7.73. The molecule has 2 heterocycles. The number of aromatic nitrogens is 1. The molecular weight excluding hydrogens is 374 g/mol. The first-order chi connectivity index (χ1) is 13.7. The Hall–Kier alpha value is -2.37. The van der Waals surface area contributed by atoms with Crippen molar-refractivity contribution in [3.8, 4) is 0 Å². The van der Waals surface area contributed by atoms with Crippen LogP contribution in [0.5, 0.6) is 0 Å². The van der Waals surface area contributed by atoms with Gasteiger partial charge in [-0.1, -0.05) is 35.9 Å². The summed E-state index contributed by atoms with van der Waals surface area (Å²) >= 11 is 5.89. The van der Waals surface area contributed by atoms with Crippen molar-refractivity contribution in [2.45, 2.75) is 25.2 Å². The molecule has 1 fully saturated rings. The average Bonchev–Trinajstić information content (AvgIpc) is 3.14. The molecule has 1 N–H and O–H groups in total. The van der Waals surface area contributed by atoms with Crippen LogP contribution in [-0.2, 0) is 11.2 Å². The van der Waals surface area contributed by atoms with Crippen molar-refractivity contribution in [3.63, 3.8) is 0 Å². The normalized spacial score (nSPS) is 15.8. The fourth-order valence-electron chi connectivity index (χ4n) is 3.66. The molecule has 146 valence electrons. The third-order valence-electron chi connectivity index (χ3n) is 5.26. The van der Waals surface area contributed by atoms with E-state index in [0.29, 0.717) is 19.0 Å². The summed E-state index contributed by atoms with van der Waals surface area (Å²) < 4.78 is 5.91. The fraction of sp³-hybridized carbons (Fsp3) is 0.364. The largest absolute Gasteiger partial charge is 0.440 e. The average molecular weight is 398 g/mol. The van der Waals surface area contributed by atoms with Crippen LogP contribution in [0, 0.1) is 0 Å². The lowest BCUT2D eigenvalue weighted by Crippen LogP contribution is -2.41. The van der Waals surface area contributed by atoms with E-state index in [2.05, 4.69) is 15.2 Å². The molecule has 6 heteroatoms. The Bertz CT molecular complexity index is 897. The van der Waals surface area contributed by atoms with Gasteiger partial charge < -0.3 is 9.73 Å². The van der Waals surface area contributed by atoms with Gasteiger partial charge in [-0.2, -0.15) is 0 Å². The molecule has 1 aliphatic heterocycles. The van der Waals surface area contributed by atoms with Crippen LogP contribution in [0.15, 0.2) is 52.9 Å². The Morgan fingerprint density at radius 1 is 1.14 bits per heavy atom. The number of hydrogen-bond acceptors (Lipinski definition) is 4. The van der Waals surface area contributed by atoms with Gasteiger partial charge in [0.25, 0.3) is 0 Å². The van der Waals surface area contributed by atoms with Gasteiger partial charge >= 0.3 is 0 Å². The number of para-hydroxylation sites is 2. The third-order valence-corrected chi connectivity index (χ3v) is 5.52. The number of halogens is 1. The molecule has 0 aliphatic carbocycles. The van der Waals surface area contributed by atoms with Gasteiger partial charge in [0.2, 0.25) is 5.91 Å². The molecule has 0 spiro atoms. The predicted octanol–water partition coefficient (Wildman–Crippen LogP) is 4.02. The molecule has 1 aromatic heterocycles. The zero-order valence-corrected chi connectivity index (χ0v) is 16.5. The Morgan fingerprint density at radius 2 is 1.89 bits per heavy atom. The highest BCUT2D eigenvalue weighted by atomic mass is 35.5. The first-order valence-electron chi connectivity index (χ1n) is 9.76. The van der Waals surface area contributed by atoms with Gasteiger partial charge in [-0.05, 0) is 62.2 Å². The van der Waals surface area contributed by atoms with Gasteiger partial charge in [-0.25, -0.2) is 4.98 Å². The zero-order valence-electron chi connectivity index (χ0n) is 15.7. The standard InChI is InChI=1S/C22H24ClN3O2/c23-18-7-5-16(6-8-18)9-12-24-21(27)15-26-13-10-17(11-14-26)22-25-19-3-1-2-4-20(19)28-22/h1-8,17H,9-15H2,(H,24,27). The highest BCUT2D eigenvalue weighted by molar-refractivity contribution is 6.30. The molecule has 0 atom stereocenters. The number of hydrogen-bond donors (Lipinski definition) is 1. The van der Waals surface area contributed by atoms with Crippen LogP contribution in [0.25, 0.3) is 11.1 Å². The summed E-state index contributed by atoms with van der Waals surface area (Å²) in [7, 11) is 0. The maximum atomic E-state index is 12.2. The Balaban J connectivity index is 1.20. The van der Waals surface area contributed by atoms with E-state index < -0.39 is 0 Å². The van der Waals surface area contributed by atoms with Gasteiger partial charge in [-0.15, -0.1) is 0 Å². The van der Waals surface area contributed by atoms with Crippen molar-refractivity contribution in [3.05, 3.63) is 65.0 Å². The minimum absolute atomic E-state index is 0.0780. The first kappa shape index (κ1) is 19.0. The Kier molecular flexibility index (Phi) is 5.93. The maximum absolute atomic E-state index is 12.2. The summed E-state index contributed by atoms with van der Waals surface area (Å²) in [6, 6.07) is 15.6. The fourth-order valence-corrected chi connectivity index (χ4v) is 3.78. The molecule has 0 bridgehead atoms. The lowest BCUT2D eigenvalue weighted by molar-refractivity contribution is -0.122. The van der Waals surface area contributed by atoms with E-state index in [0.717, 1.165) is 54.4 Å². The summed E-state index contributed by atoms with van der Waals surface area (Å²) in [6.45, 7) is 2.85. The molecule has 0 unspecified atom stereocenters. The number of carbonyl (C=O) groups is 1. The van der Waals surface area contributed by atoms with Crippen molar-refractivity contribution in [1.82, 2.24) is 15.2 Å². The molecule has 2 aromatic carbocycles. The molecular formula is C22H24ClN3O2. The van der Waals surface area contributed by atoms with E-state index in [1.54, 1.807) is 0 Å². The first-order valence-corrected chi connectivity index (χ1v) is 10.1. The Labute approximate surface area is 169 Å². The van der Waals surface area contributed by atoms with Crippen molar-refractivity contribution < 1.29 is 9.21 Å². The smallest absolute Gasteiger partial charge is 0.234 e. The molecule has 5 nitrogen and oxygen atoms in total. The van der Waals surface area contributed by atoms with Gasteiger partial charge in [0, 0.05) is 17.5 Å². The number of rotatable bonds is 6. The second kappa shape index (κ2) is 8.76. The summed E-state index contributed by atoms with van der Waals surface area (Å²) in [6.07, 6.45) is 2.73. The van der Waals surface area contributed by atoms with Crippen molar-refractivity contribution in [2.75, 3.05) is 26.2 Å². The molecule has 3 aromatic rings. The number of nitrogens with one attached hydrogen (secondary N) is 1. The van der Waals surface area contributed by atoms with Gasteiger partial charge in [-0.3, -0.25) is 9.69 Å². The van der Waals surface area contributed by atoms with Crippen molar-refractivity contribution in [2.24, 2.45) is 0 Å². The van der Waals surface area contributed by atoms with Crippen molar-refractivity contribution in [1.29, 1.82) is 0 Å². The quantitative estimate of drug-likeness (QED) is 0.682. The SMILES string of the molecule is O=C(CN1CCC(c2nc3ccccc3o2)CC1)NCCc1ccc(Cl)cc1. The predicted molar refractivity (Wildman–Crippen MR) is 111 cm³/mol. The number of piperidine rings is 1. The third kappa shape index (κ3) is 4.72. The van der Waals surface area contributed by atoms with Gasteiger partial charge in [0.1, 0.15) is 5.52 Å². The lowest BCUT2D eigenvalue weighted by Gasteiger charge is -2.29. The summed E-state index contributed by atoms with van der Waals surface area (Å²) in [5.41, 5.74) is 2.93. The summed E-state index contributed by atoms with van der Waals surface area (Å²) in [4.78, 5) is 19.0. The molecule has 4 rings (SSSR count). The molecule has 1 aliphatic rings. The number of amides is 1. The maximum Gasteiger partial charge on any atom is 0.234 e. The van der Waals surface area contributed by atoms with Crippen molar-refractivity contribution >= 4 is 28.6 Å². The lowest BCUT2D eigenvalue weighted by atomic mass is 9.97. The highest BCUT2D eigenvalue weighted by Crippen LogP contribution is 2.29. The van der Waals surface area contributed by atoms with E-state index >= 15 is 0 Å². The van der Waals surface area contributed by atoms with Crippen LogP contribution in [0.4, 0.5) is 0 Å². The van der Waals surface area contributed by atoms with E-state index in [-0.39, 0.29) is 5.91 Å². The molecule has 1 saturated heterocycles. The number of benzene rings is 2. The van der Waals surface area contributed by atoms with Crippen LogP contribution in [-0.4, -0.2) is 42.0 Å². The molecule has 1 amide bonds. The summed E-state index contributed by atoms with van der Waals surface area (Å²) in [5, 5.41) is 3.74. The van der Waals surface area contributed by atoms with E-state index in [9.17, 15) is 4.79 Å². The van der Waals surface area contributed by atoms with Gasteiger partial charge in [0.15, 0.2) is 11.5 Å². The van der Waals surface area contributed by atoms with Crippen LogP contribution in [0.2, 0.25) is 5.02 Å². The minimum Gasteiger partial charge on any atom is -0.440 e. The number of likely N-dealkylation sites (tertiary alicyclic amines) is 1. The minimum atomic E-state index is 0.0780. The summed E-state index contributed by atoms with van der Waals surface area (Å²) in [5.74, 6) is 1.24. The van der Waals surface area contributed by atoms with E-state index in [1.807, 2.05) is 48.5 Å². The number of fused-ring (bicyclic) bond motifs is 1. The molecule has 0 saturated carbocycles. The topological polar surface area (TPSA) is 58.4 Å². The van der Waals surface area contributed by atoms with Crippen LogP contribution in [0.1, 0.15) is 30.2 Å². The zero-order chi connectivity index (χ0) is 19.3. The Morgan fingerprint density at radius 3 is 2.64 bits per heavy atom.